The van der Waals surface area contributed by atoms with Crippen molar-refractivity contribution in [2.24, 2.45) is 0 Å². The van der Waals surface area contributed by atoms with Crippen molar-refractivity contribution >= 4 is 15.7 Å². The van der Waals surface area contributed by atoms with Crippen LogP contribution in [0.2, 0.25) is 0 Å². The highest BCUT2D eigenvalue weighted by Crippen LogP contribution is 2.25. The quantitative estimate of drug-likeness (QED) is 0.912. The third kappa shape index (κ3) is 1.99. The number of nitrogens with one attached hydrogen (secondary N) is 1. The standard InChI is InChI=1S/C10H13N3O4S/c1-5-9(7(3)16-11-5)13-18(14,15)10-6(2)12-17-8(10)4/h13H,1-4H3. The molecule has 0 atom stereocenters. The monoisotopic (exact) mass is 271 g/mol. The molecule has 0 unspecified atom stereocenters. The molecule has 0 saturated heterocycles. The highest BCUT2D eigenvalue weighted by Gasteiger charge is 2.26. The molecule has 0 aliphatic rings. The molecule has 2 aromatic rings. The van der Waals surface area contributed by atoms with Crippen LogP contribution in [0.25, 0.3) is 0 Å². The summed E-state index contributed by atoms with van der Waals surface area (Å²) in [6.45, 7) is 6.40. The fourth-order valence-corrected chi connectivity index (χ4v) is 3.18. The van der Waals surface area contributed by atoms with Gasteiger partial charge in [0, 0.05) is 0 Å². The van der Waals surface area contributed by atoms with Crippen molar-refractivity contribution in [1.82, 2.24) is 10.3 Å². The van der Waals surface area contributed by atoms with Crippen LogP contribution in [0.1, 0.15) is 22.9 Å². The Bertz CT molecular complexity index is 645. The molecule has 0 fully saturated rings. The van der Waals surface area contributed by atoms with E-state index in [2.05, 4.69) is 15.0 Å². The van der Waals surface area contributed by atoms with Gasteiger partial charge in [-0.1, -0.05) is 10.3 Å². The average Bonchev–Trinajstić information content (AvgIpc) is 2.76. The first-order valence-electron chi connectivity index (χ1n) is 5.21. The molecule has 98 valence electrons. The van der Waals surface area contributed by atoms with Gasteiger partial charge in [-0.15, -0.1) is 0 Å². The molecule has 0 amide bonds. The summed E-state index contributed by atoms with van der Waals surface area (Å²) in [5, 5.41) is 7.31. The van der Waals surface area contributed by atoms with E-state index in [4.69, 9.17) is 9.05 Å². The van der Waals surface area contributed by atoms with Crippen LogP contribution in [-0.2, 0) is 10.0 Å². The lowest BCUT2D eigenvalue weighted by Crippen LogP contribution is -2.15. The Balaban J connectivity index is 2.46. The molecule has 0 spiro atoms. The van der Waals surface area contributed by atoms with Gasteiger partial charge in [-0.2, -0.15) is 0 Å². The van der Waals surface area contributed by atoms with Gasteiger partial charge in [-0.3, -0.25) is 4.72 Å². The zero-order valence-electron chi connectivity index (χ0n) is 10.4. The lowest BCUT2D eigenvalue weighted by Gasteiger charge is -2.06. The molecular formula is C10H13N3O4S. The maximum absolute atomic E-state index is 12.2. The Morgan fingerprint density at radius 3 is 1.94 bits per heavy atom. The topological polar surface area (TPSA) is 98.2 Å². The molecule has 2 aromatic heterocycles. The van der Waals surface area contributed by atoms with Crippen molar-refractivity contribution in [2.45, 2.75) is 32.6 Å². The Morgan fingerprint density at radius 1 is 0.944 bits per heavy atom. The molecule has 0 bridgehead atoms. The molecule has 8 heteroatoms. The number of sulfonamides is 1. The zero-order valence-corrected chi connectivity index (χ0v) is 11.3. The Morgan fingerprint density at radius 2 is 1.50 bits per heavy atom. The largest absolute Gasteiger partial charge is 0.360 e. The van der Waals surface area contributed by atoms with Crippen molar-refractivity contribution in [1.29, 1.82) is 0 Å². The van der Waals surface area contributed by atoms with Gasteiger partial charge in [0.2, 0.25) is 0 Å². The van der Waals surface area contributed by atoms with Crippen LogP contribution in [0.4, 0.5) is 5.69 Å². The van der Waals surface area contributed by atoms with E-state index in [1.807, 2.05) is 0 Å². The first-order chi connectivity index (χ1) is 8.33. The van der Waals surface area contributed by atoms with E-state index in [1.165, 1.54) is 0 Å². The maximum Gasteiger partial charge on any atom is 0.267 e. The second kappa shape index (κ2) is 4.13. The number of anilines is 1. The van der Waals surface area contributed by atoms with Gasteiger partial charge in [-0.25, -0.2) is 8.42 Å². The van der Waals surface area contributed by atoms with E-state index >= 15 is 0 Å². The van der Waals surface area contributed by atoms with Crippen molar-refractivity contribution < 1.29 is 17.5 Å². The minimum Gasteiger partial charge on any atom is -0.360 e. The second-order valence-electron chi connectivity index (χ2n) is 3.96. The first kappa shape index (κ1) is 12.6. The summed E-state index contributed by atoms with van der Waals surface area (Å²) in [5.41, 5.74) is 1.13. The predicted octanol–water partition coefficient (Wildman–Crippen LogP) is 1.70. The van der Waals surface area contributed by atoms with Crippen molar-refractivity contribution in [3.8, 4) is 0 Å². The van der Waals surface area contributed by atoms with Crippen molar-refractivity contribution in [2.75, 3.05) is 4.72 Å². The van der Waals surface area contributed by atoms with Crippen LogP contribution in [0, 0.1) is 27.7 Å². The molecule has 2 heterocycles. The van der Waals surface area contributed by atoms with E-state index < -0.39 is 10.0 Å². The normalized spacial score (nSPS) is 11.8. The van der Waals surface area contributed by atoms with Gasteiger partial charge in [0.25, 0.3) is 10.0 Å². The number of nitrogens with zero attached hydrogens (tertiary/aromatic N) is 2. The Hall–Kier alpha value is -1.83. The summed E-state index contributed by atoms with van der Waals surface area (Å²) in [7, 11) is -3.75. The summed E-state index contributed by atoms with van der Waals surface area (Å²) >= 11 is 0. The summed E-state index contributed by atoms with van der Waals surface area (Å²) in [5.74, 6) is 0.648. The SMILES string of the molecule is Cc1noc(C)c1NS(=O)(=O)c1c(C)noc1C. The van der Waals surface area contributed by atoms with Gasteiger partial charge < -0.3 is 9.05 Å². The van der Waals surface area contributed by atoms with E-state index in [0.29, 0.717) is 22.8 Å². The van der Waals surface area contributed by atoms with E-state index in [0.717, 1.165) is 0 Å². The van der Waals surface area contributed by atoms with Crippen LogP contribution in [0.3, 0.4) is 0 Å². The lowest BCUT2D eigenvalue weighted by atomic mass is 10.3. The minimum atomic E-state index is -3.75. The highest BCUT2D eigenvalue weighted by atomic mass is 32.2. The molecular weight excluding hydrogens is 258 g/mol. The third-order valence-electron chi connectivity index (χ3n) is 2.51. The second-order valence-corrected chi connectivity index (χ2v) is 5.58. The summed E-state index contributed by atoms with van der Waals surface area (Å²) < 4.78 is 36.6. The van der Waals surface area contributed by atoms with E-state index in [9.17, 15) is 8.42 Å². The number of aromatic nitrogens is 2. The van der Waals surface area contributed by atoms with Crippen LogP contribution < -0.4 is 4.72 Å². The molecule has 1 N–H and O–H groups in total. The number of hydrogen-bond donors (Lipinski definition) is 1. The summed E-state index contributed by atoms with van der Waals surface area (Å²) in [6, 6.07) is 0. The van der Waals surface area contributed by atoms with Crippen LogP contribution in [0.5, 0.6) is 0 Å². The number of hydrogen-bond acceptors (Lipinski definition) is 6. The molecule has 18 heavy (non-hydrogen) atoms. The third-order valence-corrected chi connectivity index (χ3v) is 4.10. The van der Waals surface area contributed by atoms with Crippen LogP contribution in [-0.4, -0.2) is 18.7 Å². The van der Waals surface area contributed by atoms with Gasteiger partial charge in [0.1, 0.15) is 17.1 Å². The van der Waals surface area contributed by atoms with Crippen molar-refractivity contribution in [3.63, 3.8) is 0 Å². The van der Waals surface area contributed by atoms with Gasteiger partial charge in [0.15, 0.2) is 16.4 Å². The maximum atomic E-state index is 12.2. The average molecular weight is 271 g/mol. The Labute approximate surface area is 104 Å². The minimum absolute atomic E-state index is 0.0440. The van der Waals surface area contributed by atoms with Crippen LogP contribution in [0.15, 0.2) is 13.9 Å². The number of rotatable bonds is 3. The fraction of sp³-hybridized carbons (Fsp3) is 0.400. The molecule has 0 radical (unpaired) electrons. The molecule has 0 aromatic carbocycles. The van der Waals surface area contributed by atoms with Gasteiger partial charge >= 0.3 is 0 Å². The predicted molar refractivity (Wildman–Crippen MR) is 62.8 cm³/mol. The summed E-state index contributed by atoms with van der Waals surface area (Å²) in [6.07, 6.45) is 0. The molecule has 7 nitrogen and oxygen atoms in total. The molecule has 0 saturated carbocycles. The van der Waals surface area contributed by atoms with Gasteiger partial charge in [0.05, 0.1) is 0 Å². The molecule has 0 aliphatic heterocycles. The van der Waals surface area contributed by atoms with E-state index in [-0.39, 0.29) is 10.7 Å². The molecule has 2 rings (SSSR count). The smallest absolute Gasteiger partial charge is 0.267 e. The fourth-order valence-electron chi connectivity index (χ4n) is 1.67. The van der Waals surface area contributed by atoms with Gasteiger partial charge in [-0.05, 0) is 27.7 Å². The zero-order chi connectivity index (χ0) is 13.5. The summed E-state index contributed by atoms with van der Waals surface area (Å²) in [4.78, 5) is 0.0440. The lowest BCUT2D eigenvalue weighted by molar-refractivity contribution is 0.390. The number of aryl methyl sites for hydroxylation is 4. The molecule has 0 aliphatic carbocycles. The van der Waals surface area contributed by atoms with Crippen molar-refractivity contribution in [3.05, 3.63) is 22.9 Å². The highest BCUT2D eigenvalue weighted by molar-refractivity contribution is 7.92. The van der Waals surface area contributed by atoms with E-state index in [1.54, 1.807) is 27.7 Å². The van der Waals surface area contributed by atoms with Crippen LogP contribution >= 0.6 is 0 Å². The Kier molecular flexibility index (Phi) is 2.89. The first-order valence-corrected chi connectivity index (χ1v) is 6.70.